The minimum atomic E-state index is 0.485. The second kappa shape index (κ2) is 3.72. The molecule has 2 rings (SSSR count). The SMILES string of the molecule is CCC12CC(C)[B][B][B][B][B][C@@]1(C)C2. The Morgan fingerprint density at radius 3 is 2.79 bits per heavy atom. The average molecular weight is 178 g/mol. The molecule has 3 atom stereocenters. The largest absolute Gasteiger partial charge is 0.0805 e. The third-order valence-electron chi connectivity index (χ3n) is 4.31. The van der Waals surface area contributed by atoms with Crippen molar-refractivity contribution in [1.29, 1.82) is 0 Å². The zero-order chi connectivity index (χ0) is 10.2. The lowest BCUT2D eigenvalue weighted by molar-refractivity contribution is 0.414. The first-order chi connectivity index (χ1) is 6.62. The van der Waals surface area contributed by atoms with Crippen LogP contribution in [0.15, 0.2) is 0 Å². The molecule has 2 fully saturated rings. The third-order valence-corrected chi connectivity index (χ3v) is 4.31. The minimum absolute atomic E-state index is 0.485. The summed E-state index contributed by atoms with van der Waals surface area (Å²) in [5, 5.41) is 0.485. The van der Waals surface area contributed by atoms with Crippen molar-refractivity contribution >= 4 is 35.5 Å². The predicted molar refractivity (Wildman–Crippen MR) is 68.5 cm³/mol. The Morgan fingerprint density at radius 2 is 2.07 bits per heavy atom. The lowest BCUT2D eigenvalue weighted by Crippen LogP contribution is -2.25. The number of hydrogen-bond donors (Lipinski definition) is 0. The summed E-state index contributed by atoms with van der Waals surface area (Å²) < 4.78 is 0. The predicted octanol–water partition coefficient (Wildman–Crippen LogP) is 1.36. The van der Waals surface area contributed by atoms with E-state index in [4.69, 9.17) is 0 Å². The van der Waals surface area contributed by atoms with Gasteiger partial charge in [-0.3, -0.25) is 0 Å². The molecule has 0 aromatic carbocycles. The van der Waals surface area contributed by atoms with Crippen LogP contribution in [-0.4, -0.2) is 35.5 Å². The van der Waals surface area contributed by atoms with Gasteiger partial charge in [0.15, 0.2) is 0 Å². The molecule has 5 radical (unpaired) electrons. The van der Waals surface area contributed by atoms with Crippen molar-refractivity contribution < 1.29 is 0 Å². The van der Waals surface area contributed by atoms with Crippen LogP contribution in [0.2, 0.25) is 11.1 Å². The minimum Gasteiger partial charge on any atom is -0.0805 e. The molecule has 1 aliphatic carbocycles. The zero-order valence-corrected chi connectivity index (χ0v) is 9.59. The van der Waals surface area contributed by atoms with Crippen molar-refractivity contribution in [3.8, 4) is 0 Å². The molecule has 0 bridgehead atoms. The van der Waals surface area contributed by atoms with Gasteiger partial charge in [-0.05, 0) is 11.8 Å². The molecule has 0 aromatic heterocycles. The highest BCUT2D eigenvalue weighted by molar-refractivity contribution is 7.53. The summed E-state index contributed by atoms with van der Waals surface area (Å²) in [6, 6.07) is 0. The molecule has 0 spiro atoms. The van der Waals surface area contributed by atoms with Gasteiger partial charge in [0.2, 0.25) is 0 Å². The summed E-state index contributed by atoms with van der Waals surface area (Å²) in [6.07, 6.45) is 4.07. The smallest absolute Gasteiger partial charge is 0.0634 e. The van der Waals surface area contributed by atoms with E-state index in [1.165, 1.54) is 19.3 Å². The highest BCUT2D eigenvalue weighted by atomic mass is 14.6. The quantitative estimate of drug-likeness (QED) is 0.532. The Morgan fingerprint density at radius 1 is 1.29 bits per heavy atom. The number of fused-ring (bicyclic) bond motifs is 1. The van der Waals surface area contributed by atoms with Crippen molar-refractivity contribution in [2.75, 3.05) is 0 Å². The molecule has 1 saturated heterocycles. The summed E-state index contributed by atoms with van der Waals surface area (Å²) in [4.78, 5) is 0. The van der Waals surface area contributed by atoms with E-state index in [0.717, 1.165) is 5.82 Å². The first kappa shape index (κ1) is 10.8. The van der Waals surface area contributed by atoms with Gasteiger partial charge in [-0.25, -0.2) is 0 Å². The van der Waals surface area contributed by atoms with E-state index in [1.807, 2.05) is 0 Å². The Hall–Kier alpha value is 0.325. The van der Waals surface area contributed by atoms with E-state index in [9.17, 15) is 0 Å². The van der Waals surface area contributed by atoms with Gasteiger partial charge in [0.25, 0.3) is 0 Å². The van der Waals surface area contributed by atoms with E-state index >= 15 is 0 Å². The third kappa shape index (κ3) is 1.72. The fourth-order valence-corrected chi connectivity index (χ4v) is 3.14. The van der Waals surface area contributed by atoms with Gasteiger partial charge in [-0.15, -0.1) is 0 Å². The lowest BCUT2D eigenvalue weighted by Gasteiger charge is -2.24. The fraction of sp³-hybridized carbons (Fsp3) is 1.00. The summed E-state index contributed by atoms with van der Waals surface area (Å²) in [5.41, 5.74) is 0.603. The summed E-state index contributed by atoms with van der Waals surface area (Å²) in [6.45, 7) is 7.10. The Kier molecular flexibility index (Phi) is 2.88. The number of hydrogen-bond acceptors (Lipinski definition) is 0. The van der Waals surface area contributed by atoms with Gasteiger partial charge in [0, 0.05) is 21.2 Å². The highest BCUT2D eigenvalue weighted by Crippen LogP contribution is 2.74. The molecule has 0 N–H and O–H groups in total. The van der Waals surface area contributed by atoms with Crippen LogP contribution in [-0.2, 0) is 0 Å². The van der Waals surface area contributed by atoms with E-state index in [-0.39, 0.29) is 0 Å². The summed E-state index contributed by atoms with van der Waals surface area (Å²) in [5.74, 6) is 0.730. The molecule has 0 nitrogen and oxygen atoms in total. The first-order valence-electron chi connectivity index (χ1n) is 5.81. The molecule has 2 aliphatic rings. The van der Waals surface area contributed by atoms with Crippen LogP contribution in [0, 0.1) is 5.41 Å². The van der Waals surface area contributed by atoms with Crippen LogP contribution in [0.4, 0.5) is 0 Å². The van der Waals surface area contributed by atoms with Crippen LogP contribution in [0.1, 0.15) is 40.0 Å². The molecular weight excluding hydrogens is 162 g/mol. The second-order valence-corrected chi connectivity index (χ2v) is 5.35. The molecule has 0 amide bonds. The van der Waals surface area contributed by atoms with Gasteiger partial charge >= 0.3 is 0 Å². The van der Waals surface area contributed by atoms with Crippen LogP contribution >= 0.6 is 0 Å². The van der Waals surface area contributed by atoms with Crippen LogP contribution < -0.4 is 0 Å². The van der Waals surface area contributed by atoms with Crippen LogP contribution in [0.25, 0.3) is 0 Å². The van der Waals surface area contributed by atoms with Gasteiger partial charge < -0.3 is 0 Å². The molecule has 5 heteroatoms. The lowest BCUT2D eigenvalue weighted by atomic mass is 8.99. The summed E-state index contributed by atoms with van der Waals surface area (Å²) in [7, 11) is 11.3. The van der Waals surface area contributed by atoms with E-state index in [0.29, 0.717) is 10.7 Å². The Bertz CT molecular complexity index is 217. The van der Waals surface area contributed by atoms with Gasteiger partial charge in [-0.1, -0.05) is 44.7 Å². The maximum Gasteiger partial charge on any atom is 0.0634 e. The highest BCUT2D eigenvalue weighted by Gasteiger charge is 2.60. The van der Waals surface area contributed by atoms with Gasteiger partial charge in [0.1, 0.15) is 0 Å². The van der Waals surface area contributed by atoms with Gasteiger partial charge in [-0.2, -0.15) is 0 Å². The molecule has 14 heavy (non-hydrogen) atoms. The van der Waals surface area contributed by atoms with E-state index in [2.05, 4.69) is 56.3 Å². The van der Waals surface area contributed by atoms with Crippen molar-refractivity contribution in [2.45, 2.75) is 51.2 Å². The molecule has 2 unspecified atom stereocenters. The second-order valence-electron chi connectivity index (χ2n) is 5.35. The molecule has 1 heterocycles. The molecular formula is C9H16B5. The molecule has 1 aliphatic heterocycles. The Balaban J connectivity index is 2.08. The molecule has 1 saturated carbocycles. The van der Waals surface area contributed by atoms with Crippen LogP contribution in [0.3, 0.4) is 0 Å². The van der Waals surface area contributed by atoms with E-state index < -0.39 is 0 Å². The van der Waals surface area contributed by atoms with Crippen molar-refractivity contribution in [1.82, 2.24) is 0 Å². The van der Waals surface area contributed by atoms with Crippen molar-refractivity contribution in [3.63, 3.8) is 0 Å². The molecule has 0 aromatic rings. The first-order valence-corrected chi connectivity index (χ1v) is 5.81. The fourth-order valence-electron chi connectivity index (χ4n) is 3.14. The molecule has 67 valence electrons. The maximum atomic E-state index is 2.42. The standard InChI is InChI=1S/C9H16B5/c1-4-9-5-7(2)10-12-14-13-11-8(9,3)6-9/h7H,4-6H2,1-3H3/t7?,8-,9?/m0/s1. The zero-order valence-electron chi connectivity index (χ0n) is 9.59. The van der Waals surface area contributed by atoms with Crippen molar-refractivity contribution in [3.05, 3.63) is 0 Å². The maximum absolute atomic E-state index is 2.42. The monoisotopic (exact) mass is 179 g/mol. The summed E-state index contributed by atoms with van der Waals surface area (Å²) >= 11 is 0. The normalized spacial score (nSPS) is 45.8. The average Bonchev–Trinajstić information content (AvgIpc) is 2.70. The van der Waals surface area contributed by atoms with Crippen LogP contribution in [0.5, 0.6) is 0 Å². The topological polar surface area (TPSA) is 0 Å². The number of rotatable bonds is 1. The van der Waals surface area contributed by atoms with E-state index in [1.54, 1.807) is 0 Å². The van der Waals surface area contributed by atoms with Gasteiger partial charge in [0.05, 0.1) is 14.3 Å². The van der Waals surface area contributed by atoms with Crippen molar-refractivity contribution in [2.24, 2.45) is 5.41 Å². The Labute approximate surface area is 92.5 Å².